The second-order valence-corrected chi connectivity index (χ2v) is 6.54. The molecular weight excluding hydrogens is 234 g/mol. The lowest BCUT2D eigenvalue weighted by atomic mass is 9.96. The summed E-state index contributed by atoms with van der Waals surface area (Å²) in [6.45, 7) is 1.41. The topological polar surface area (TPSA) is 101 Å². The van der Waals surface area contributed by atoms with Gasteiger partial charge in [-0.2, -0.15) is 0 Å². The number of nitrogens with one attached hydrogen (secondary N) is 1. The standard InChI is InChI=1S/C9H15NO5S/c1-9(8(12)13,6-3-4-6)10-7(11)5-16(2,14)15/h6H,3-5H2,1-2H3,(H,10,11)(H,12,13). The molecule has 1 atom stereocenters. The number of hydrogen-bond acceptors (Lipinski definition) is 4. The Hall–Kier alpha value is -1.11. The fourth-order valence-electron chi connectivity index (χ4n) is 1.55. The van der Waals surface area contributed by atoms with Crippen molar-refractivity contribution in [3.63, 3.8) is 0 Å². The van der Waals surface area contributed by atoms with E-state index in [-0.39, 0.29) is 5.92 Å². The van der Waals surface area contributed by atoms with Crippen LogP contribution in [0.5, 0.6) is 0 Å². The monoisotopic (exact) mass is 249 g/mol. The predicted molar refractivity (Wildman–Crippen MR) is 56.6 cm³/mol. The third kappa shape index (κ3) is 3.19. The predicted octanol–water partition coefficient (Wildman–Crippen LogP) is -0.599. The molecule has 1 unspecified atom stereocenters. The molecule has 0 bridgehead atoms. The van der Waals surface area contributed by atoms with Gasteiger partial charge in [-0.05, 0) is 25.7 Å². The van der Waals surface area contributed by atoms with Crippen LogP contribution in [0.25, 0.3) is 0 Å². The lowest BCUT2D eigenvalue weighted by Gasteiger charge is -2.25. The van der Waals surface area contributed by atoms with E-state index in [0.29, 0.717) is 0 Å². The van der Waals surface area contributed by atoms with E-state index < -0.39 is 33.0 Å². The molecule has 92 valence electrons. The summed E-state index contributed by atoms with van der Waals surface area (Å²) in [6, 6.07) is 0. The van der Waals surface area contributed by atoms with Crippen LogP contribution in [0.1, 0.15) is 19.8 Å². The number of amides is 1. The molecule has 7 heteroatoms. The van der Waals surface area contributed by atoms with Gasteiger partial charge >= 0.3 is 5.97 Å². The number of aliphatic carboxylic acids is 1. The average molecular weight is 249 g/mol. The third-order valence-corrected chi connectivity index (χ3v) is 3.42. The highest BCUT2D eigenvalue weighted by Crippen LogP contribution is 2.39. The first-order valence-electron chi connectivity index (χ1n) is 4.87. The van der Waals surface area contributed by atoms with Gasteiger partial charge in [0.25, 0.3) is 0 Å². The van der Waals surface area contributed by atoms with Crippen LogP contribution in [-0.2, 0) is 19.4 Å². The van der Waals surface area contributed by atoms with Crippen LogP contribution in [0.15, 0.2) is 0 Å². The van der Waals surface area contributed by atoms with Crippen molar-refractivity contribution in [1.29, 1.82) is 0 Å². The van der Waals surface area contributed by atoms with Gasteiger partial charge in [0.05, 0.1) is 0 Å². The van der Waals surface area contributed by atoms with Crippen LogP contribution in [0.3, 0.4) is 0 Å². The molecule has 1 aliphatic carbocycles. The molecule has 0 aliphatic heterocycles. The Labute approximate surface area is 93.9 Å². The van der Waals surface area contributed by atoms with Gasteiger partial charge in [-0.1, -0.05) is 0 Å². The fourth-order valence-corrected chi connectivity index (χ4v) is 2.10. The maximum Gasteiger partial charge on any atom is 0.329 e. The second kappa shape index (κ2) is 4.04. The van der Waals surface area contributed by atoms with E-state index in [1.807, 2.05) is 0 Å². The van der Waals surface area contributed by atoms with Crippen LogP contribution in [-0.4, -0.2) is 42.9 Å². The lowest BCUT2D eigenvalue weighted by molar-refractivity contribution is -0.147. The van der Waals surface area contributed by atoms with Gasteiger partial charge in [0.2, 0.25) is 5.91 Å². The molecule has 0 heterocycles. The van der Waals surface area contributed by atoms with Crippen LogP contribution in [0.4, 0.5) is 0 Å². The van der Waals surface area contributed by atoms with Crippen LogP contribution in [0, 0.1) is 5.92 Å². The first kappa shape index (κ1) is 13.0. The summed E-state index contributed by atoms with van der Waals surface area (Å²) < 4.78 is 21.7. The zero-order chi connectivity index (χ0) is 12.6. The molecule has 16 heavy (non-hydrogen) atoms. The first-order valence-corrected chi connectivity index (χ1v) is 6.93. The van der Waals surface area contributed by atoms with Crippen molar-refractivity contribution in [2.45, 2.75) is 25.3 Å². The van der Waals surface area contributed by atoms with Crippen molar-refractivity contribution >= 4 is 21.7 Å². The van der Waals surface area contributed by atoms with E-state index >= 15 is 0 Å². The summed E-state index contributed by atoms with van der Waals surface area (Å²) in [7, 11) is -3.43. The van der Waals surface area contributed by atoms with Gasteiger partial charge < -0.3 is 10.4 Å². The first-order chi connectivity index (χ1) is 7.15. The molecule has 1 fully saturated rings. The molecule has 1 aliphatic rings. The lowest BCUT2D eigenvalue weighted by Crippen LogP contribution is -2.55. The van der Waals surface area contributed by atoms with Crippen molar-refractivity contribution in [3.8, 4) is 0 Å². The van der Waals surface area contributed by atoms with Crippen molar-refractivity contribution in [3.05, 3.63) is 0 Å². The minimum absolute atomic E-state index is 0.103. The molecule has 1 rings (SSSR count). The Morgan fingerprint density at radius 2 is 1.94 bits per heavy atom. The second-order valence-electron chi connectivity index (χ2n) is 4.40. The van der Waals surface area contributed by atoms with Gasteiger partial charge in [0.15, 0.2) is 9.84 Å². The molecule has 1 saturated carbocycles. The van der Waals surface area contributed by atoms with E-state index in [2.05, 4.69) is 5.32 Å². The SMILES string of the molecule is CC(NC(=O)CS(C)(=O)=O)(C(=O)O)C1CC1. The smallest absolute Gasteiger partial charge is 0.329 e. The minimum atomic E-state index is -3.43. The molecular formula is C9H15NO5S. The van der Waals surface area contributed by atoms with Gasteiger partial charge in [-0.15, -0.1) is 0 Å². The maximum atomic E-state index is 11.4. The summed E-state index contributed by atoms with van der Waals surface area (Å²) in [4.78, 5) is 22.4. The number of carboxylic acids is 1. The van der Waals surface area contributed by atoms with Gasteiger partial charge in [0, 0.05) is 6.26 Å². The van der Waals surface area contributed by atoms with Crippen molar-refractivity contribution in [2.24, 2.45) is 5.92 Å². The highest BCUT2D eigenvalue weighted by Gasteiger charge is 2.48. The van der Waals surface area contributed by atoms with Crippen molar-refractivity contribution in [1.82, 2.24) is 5.32 Å². The number of rotatable bonds is 5. The van der Waals surface area contributed by atoms with Gasteiger partial charge in [0.1, 0.15) is 11.3 Å². The Balaban J connectivity index is 2.70. The molecule has 0 spiro atoms. The third-order valence-electron chi connectivity index (χ3n) is 2.63. The summed E-state index contributed by atoms with van der Waals surface area (Å²) in [6.07, 6.45) is 2.41. The zero-order valence-electron chi connectivity index (χ0n) is 9.19. The Kier molecular flexibility index (Phi) is 3.27. The summed E-state index contributed by atoms with van der Waals surface area (Å²) in [5, 5.41) is 11.3. The van der Waals surface area contributed by atoms with Gasteiger partial charge in [-0.25, -0.2) is 13.2 Å². The Morgan fingerprint density at radius 1 is 1.44 bits per heavy atom. The number of carbonyl (C=O) groups is 2. The molecule has 6 nitrogen and oxygen atoms in total. The van der Waals surface area contributed by atoms with Crippen LogP contribution >= 0.6 is 0 Å². The Bertz CT molecular complexity index is 412. The Morgan fingerprint density at radius 3 is 2.25 bits per heavy atom. The zero-order valence-corrected chi connectivity index (χ0v) is 10.0. The van der Waals surface area contributed by atoms with E-state index in [0.717, 1.165) is 19.1 Å². The minimum Gasteiger partial charge on any atom is -0.480 e. The summed E-state index contributed by atoms with van der Waals surface area (Å²) in [5.41, 5.74) is -1.35. The highest BCUT2D eigenvalue weighted by atomic mass is 32.2. The van der Waals surface area contributed by atoms with Crippen molar-refractivity contribution in [2.75, 3.05) is 12.0 Å². The largest absolute Gasteiger partial charge is 0.480 e. The number of carboxylic acid groups (broad SMARTS) is 1. The van der Waals surface area contributed by atoms with E-state index in [1.54, 1.807) is 0 Å². The molecule has 0 aromatic carbocycles. The molecule has 0 radical (unpaired) electrons. The summed E-state index contributed by atoms with van der Waals surface area (Å²) in [5.74, 6) is -2.67. The fraction of sp³-hybridized carbons (Fsp3) is 0.778. The molecule has 2 N–H and O–H groups in total. The number of sulfone groups is 1. The molecule has 1 amide bonds. The van der Waals surface area contributed by atoms with Crippen molar-refractivity contribution < 1.29 is 23.1 Å². The molecule has 0 saturated heterocycles. The molecule has 0 aromatic heterocycles. The highest BCUT2D eigenvalue weighted by molar-refractivity contribution is 7.91. The van der Waals surface area contributed by atoms with E-state index in [9.17, 15) is 18.0 Å². The average Bonchev–Trinajstić information content (AvgIpc) is 2.80. The van der Waals surface area contributed by atoms with E-state index in [1.165, 1.54) is 6.92 Å². The number of hydrogen-bond donors (Lipinski definition) is 2. The number of carbonyl (C=O) groups excluding carboxylic acids is 1. The van der Waals surface area contributed by atoms with E-state index in [4.69, 9.17) is 5.11 Å². The van der Waals surface area contributed by atoms with Crippen LogP contribution < -0.4 is 5.32 Å². The summed E-state index contributed by atoms with van der Waals surface area (Å²) >= 11 is 0. The van der Waals surface area contributed by atoms with Crippen LogP contribution in [0.2, 0.25) is 0 Å². The van der Waals surface area contributed by atoms with Gasteiger partial charge in [-0.3, -0.25) is 4.79 Å². The quantitative estimate of drug-likeness (QED) is 0.677. The maximum absolute atomic E-state index is 11.4. The normalized spacial score (nSPS) is 19.9. The molecule has 0 aromatic rings.